The maximum absolute atomic E-state index is 13.0. The molecule has 0 aromatic heterocycles. The Hall–Kier alpha value is -0.870. The lowest BCUT2D eigenvalue weighted by molar-refractivity contribution is -0.151. The molecule has 0 N–H and O–H groups in total. The summed E-state index contributed by atoms with van der Waals surface area (Å²) in [7, 11) is 5.96. The van der Waals surface area contributed by atoms with Crippen molar-refractivity contribution in [3.8, 4) is 0 Å². The van der Waals surface area contributed by atoms with Gasteiger partial charge in [0.15, 0.2) is 0 Å². The molecule has 0 bridgehead atoms. The van der Waals surface area contributed by atoms with Crippen LogP contribution in [0.15, 0.2) is 11.6 Å². The van der Waals surface area contributed by atoms with Crippen LogP contribution in [0.5, 0.6) is 0 Å². The van der Waals surface area contributed by atoms with Gasteiger partial charge in [0.1, 0.15) is 0 Å². The van der Waals surface area contributed by atoms with Crippen molar-refractivity contribution in [2.24, 2.45) is 17.3 Å². The van der Waals surface area contributed by atoms with E-state index in [1.54, 1.807) is 7.11 Å². The molecule has 3 atom stereocenters. The van der Waals surface area contributed by atoms with Crippen LogP contribution in [0.2, 0.25) is 0 Å². The van der Waals surface area contributed by atoms with Crippen molar-refractivity contribution < 1.29 is 9.53 Å². The zero-order valence-electron chi connectivity index (χ0n) is 26.5. The first-order valence-corrected chi connectivity index (χ1v) is 15.3. The molecule has 0 aliphatic heterocycles. The molecule has 36 heavy (non-hydrogen) atoms. The predicted molar refractivity (Wildman–Crippen MR) is 161 cm³/mol. The van der Waals surface area contributed by atoms with Gasteiger partial charge < -0.3 is 14.5 Å². The monoisotopic (exact) mass is 511 g/mol. The van der Waals surface area contributed by atoms with Crippen LogP contribution < -0.4 is 0 Å². The lowest BCUT2D eigenvalue weighted by atomic mass is 9.72. The summed E-state index contributed by atoms with van der Waals surface area (Å²) < 4.78 is 5.32. The maximum atomic E-state index is 13.0. The predicted octanol–water partition coefficient (Wildman–Crippen LogP) is 8.60. The van der Waals surface area contributed by atoms with Crippen LogP contribution in [0.1, 0.15) is 126 Å². The van der Waals surface area contributed by atoms with Crippen LogP contribution in [0, 0.1) is 17.3 Å². The van der Waals surface area contributed by atoms with Gasteiger partial charge in [0.25, 0.3) is 0 Å². The van der Waals surface area contributed by atoms with E-state index in [2.05, 4.69) is 71.5 Å². The first-order valence-electron chi connectivity index (χ1n) is 15.3. The summed E-state index contributed by atoms with van der Waals surface area (Å²) in [6.45, 7) is 21.4. The molecule has 0 aromatic carbocycles. The second-order valence-corrected chi connectivity index (χ2v) is 11.0. The van der Waals surface area contributed by atoms with Gasteiger partial charge in [0.05, 0.1) is 13.0 Å². The summed E-state index contributed by atoms with van der Waals surface area (Å²) >= 11 is 0. The molecular weight excluding hydrogens is 444 g/mol. The van der Waals surface area contributed by atoms with Crippen molar-refractivity contribution in [1.82, 2.24) is 9.80 Å². The molecule has 4 nitrogen and oxygen atoms in total. The summed E-state index contributed by atoms with van der Waals surface area (Å²) in [4.78, 5) is 17.8. The van der Waals surface area contributed by atoms with Gasteiger partial charge in [-0.15, -0.1) is 0 Å². The van der Waals surface area contributed by atoms with Crippen LogP contribution in [0.3, 0.4) is 0 Å². The minimum atomic E-state index is -0.110. The molecular formula is C32H66N2O2. The topological polar surface area (TPSA) is 32.8 Å². The van der Waals surface area contributed by atoms with Gasteiger partial charge in [0.2, 0.25) is 0 Å². The number of hydrogen-bond acceptors (Lipinski definition) is 4. The molecule has 0 radical (unpaired) electrons. The normalized spacial score (nSPS) is 15.3. The molecule has 216 valence electrons. The maximum Gasteiger partial charge on any atom is 0.310 e. The lowest BCUT2D eigenvalue weighted by Crippen LogP contribution is -2.43. The fraction of sp³-hybridized carbons (Fsp3) is 0.906. The largest absolute Gasteiger partial charge is 0.469 e. The van der Waals surface area contributed by atoms with Crippen LogP contribution in [-0.2, 0) is 9.53 Å². The number of methoxy groups -OCH3 is 1. The Morgan fingerprint density at radius 2 is 1.56 bits per heavy atom. The molecule has 0 saturated heterocycles. The van der Waals surface area contributed by atoms with E-state index < -0.39 is 0 Å². The third kappa shape index (κ3) is 16.1. The standard InChI is InChI=1S/C30H60N2O2.C2H6/c1-10-15-17-19-26(12-3)23-31(7)22-21-30(6,14-5)28(29(33)34-9)25-32(8)24-27(13-4)20-18-16-11-2;1-2/h13,26,28H,10-12,14-25H2,1-9H3;1-2H3/b27-13+;. The van der Waals surface area contributed by atoms with Gasteiger partial charge in [-0.05, 0) is 71.0 Å². The number of allylic oxidation sites excluding steroid dienone is 1. The summed E-state index contributed by atoms with van der Waals surface area (Å²) in [5.74, 6) is 0.609. The van der Waals surface area contributed by atoms with Crippen LogP contribution in [0.25, 0.3) is 0 Å². The van der Waals surface area contributed by atoms with Crippen molar-refractivity contribution in [2.75, 3.05) is 47.4 Å². The highest BCUT2D eigenvalue weighted by molar-refractivity contribution is 5.73. The Kier molecular flexibility index (Phi) is 24.1. The number of carbonyl (C=O) groups excluding carboxylic acids is 1. The molecule has 0 rings (SSSR count). The smallest absolute Gasteiger partial charge is 0.310 e. The van der Waals surface area contributed by atoms with Crippen LogP contribution >= 0.6 is 0 Å². The Morgan fingerprint density at radius 1 is 0.944 bits per heavy atom. The number of carbonyl (C=O) groups is 1. The van der Waals surface area contributed by atoms with Crippen molar-refractivity contribution in [1.29, 1.82) is 0 Å². The quantitative estimate of drug-likeness (QED) is 0.0879. The van der Waals surface area contributed by atoms with E-state index in [1.807, 2.05) is 13.8 Å². The number of likely N-dealkylation sites (N-methyl/N-ethyl adjacent to an activating group) is 1. The average molecular weight is 511 g/mol. The molecule has 0 spiro atoms. The highest BCUT2D eigenvalue weighted by Gasteiger charge is 2.39. The third-order valence-corrected chi connectivity index (χ3v) is 8.04. The SMILES string of the molecule is C/C=C(\CCCCC)CN(C)CC(C(=O)OC)C(C)(CC)CCN(C)CC(CC)CCCCC.CC. The zero-order valence-corrected chi connectivity index (χ0v) is 26.5. The number of rotatable bonds is 21. The number of ether oxygens (including phenoxy) is 1. The van der Waals surface area contributed by atoms with Crippen LogP contribution in [-0.4, -0.2) is 63.2 Å². The fourth-order valence-electron chi connectivity index (χ4n) is 5.04. The van der Waals surface area contributed by atoms with Gasteiger partial charge >= 0.3 is 5.97 Å². The number of hydrogen-bond donors (Lipinski definition) is 0. The van der Waals surface area contributed by atoms with E-state index in [4.69, 9.17) is 4.74 Å². The lowest BCUT2D eigenvalue weighted by Gasteiger charge is -2.39. The molecule has 3 unspecified atom stereocenters. The van der Waals surface area contributed by atoms with Gasteiger partial charge in [-0.2, -0.15) is 0 Å². The number of nitrogens with zero attached hydrogens (tertiary/aromatic N) is 2. The third-order valence-electron chi connectivity index (χ3n) is 8.04. The molecule has 0 aliphatic rings. The van der Waals surface area contributed by atoms with E-state index in [-0.39, 0.29) is 17.3 Å². The summed E-state index contributed by atoms with van der Waals surface area (Å²) in [5, 5.41) is 0. The molecule has 4 heteroatoms. The summed E-state index contributed by atoms with van der Waals surface area (Å²) in [6.07, 6.45) is 15.8. The highest BCUT2D eigenvalue weighted by Crippen LogP contribution is 2.37. The average Bonchev–Trinajstić information content (AvgIpc) is 2.90. The molecule has 0 aliphatic carbocycles. The van der Waals surface area contributed by atoms with Gasteiger partial charge in [-0.25, -0.2) is 0 Å². The van der Waals surface area contributed by atoms with E-state index in [0.29, 0.717) is 0 Å². The van der Waals surface area contributed by atoms with E-state index in [0.717, 1.165) is 51.4 Å². The second-order valence-electron chi connectivity index (χ2n) is 11.0. The molecule has 0 fully saturated rings. The number of esters is 1. The number of unbranched alkanes of at least 4 members (excludes halogenated alkanes) is 4. The van der Waals surface area contributed by atoms with Crippen molar-refractivity contribution in [2.45, 2.75) is 126 Å². The van der Waals surface area contributed by atoms with Gasteiger partial charge in [-0.1, -0.05) is 98.6 Å². The highest BCUT2D eigenvalue weighted by atomic mass is 16.5. The zero-order chi connectivity index (χ0) is 28.0. The molecule has 0 saturated carbocycles. The Labute approximate surface area is 227 Å². The van der Waals surface area contributed by atoms with Crippen molar-refractivity contribution in [3.05, 3.63) is 11.6 Å². The van der Waals surface area contributed by atoms with Crippen molar-refractivity contribution in [3.63, 3.8) is 0 Å². The summed E-state index contributed by atoms with van der Waals surface area (Å²) in [6, 6.07) is 0. The second kappa shape index (κ2) is 23.3. The minimum Gasteiger partial charge on any atom is -0.469 e. The van der Waals surface area contributed by atoms with Crippen LogP contribution in [0.4, 0.5) is 0 Å². The minimum absolute atomic E-state index is 0.0575. The molecule has 0 aromatic rings. The first kappa shape index (κ1) is 37.3. The van der Waals surface area contributed by atoms with E-state index >= 15 is 0 Å². The van der Waals surface area contributed by atoms with E-state index in [1.165, 1.54) is 56.9 Å². The Morgan fingerprint density at radius 3 is 2.06 bits per heavy atom. The van der Waals surface area contributed by atoms with Crippen molar-refractivity contribution >= 4 is 5.97 Å². The Bertz CT molecular complexity index is 548. The first-order chi connectivity index (χ1) is 17.2. The van der Waals surface area contributed by atoms with E-state index in [9.17, 15) is 4.79 Å². The van der Waals surface area contributed by atoms with Gasteiger partial charge in [0, 0.05) is 19.6 Å². The molecule has 0 heterocycles. The summed E-state index contributed by atoms with van der Waals surface area (Å²) in [5.41, 5.74) is 1.41. The Balaban J connectivity index is 0. The van der Waals surface area contributed by atoms with Gasteiger partial charge in [-0.3, -0.25) is 4.79 Å². The fourth-order valence-corrected chi connectivity index (χ4v) is 5.04. The molecule has 0 amide bonds.